The quantitative estimate of drug-likeness (QED) is 0.158. The summed E-state index contributed by atoms with van der Waals surface area (Å²) >= 11 is 1.54. The van der Waals surface area contributed by atoms with Crippen molar-refractivity contribution in [2.24, 2.45) is 11.7 Å². The molecule has 3 atom stereocenters. The Morgan fingerprint density at radius 3 is 2.29 bits per heavy atom. The molecule has 0 fully saturated rings. The Morgan fingerprint density at radius 2 is 1.61 bits per heavy atom. The van der Waals surface area contributed by atoms with Crippen LogP contribution in [0.3, 0.4) is 0 Å². The van der Waals surface area contributed by atoms with Gasteiger partial charge in [0.15, 0.2) is 0 Å². The Labute approximate surface area is 225 Å². The Balaban J connectivity index is 1.84. The third-order valence-electron chi connectivity index (χ3n) is 6.39. The molecule has 9 nitrogen and oxygen atoms in total. The summed E-state index contributed by atoms with van der Waals surface area (Å²) in [5.74, 6) is -3.11. The molecule has 3 rings (SSSR count). The topological polar surface area (TPSA) is 151 Å². The number of hydrogen-bond donors (Lipinski definition) is 5. The molecule has 0 aliphatic carbocycles. The summed E-state index contributed by atoms with van der Waals surface area (Å²) in [5.41, 5.74) is 8.89. The molecule has 0 saturated heterocycles. The second-order valence-electron chi connectivity index (χ2n) is 9.25. The molecule has 202 valence electrons. The SMILES string of the molecule is CCCC[C@H](CC(=O)NO)C(=O)N[C@@H](Cc1csc2ccccc12)C(=O)N[C@H](Cc1ccccc1)C(N)=O. The van der Waals surface area contributed by atoms with Crippen LogP contribution in [0.5, 0.6) is 0 Å². The molecule has 0 radical (unpaired) electrons. The fourth-order valence-electron chi connectivity index (χ4n) is 4.30. The van der Waals surface area contributed by atoms with E-state index in [9.17, 15) is 19.2 Å². The zero-order chi connectivity index (χ0) is 27.5. The fourth-order valence-corrected chi connectivity index (χ4v) is 5.28. The van der Waals surface area contributed by atoms with Crippen molar-refractivity contribution in [3.63, 3.8) is 0 Å². The molecule has 1 aromatic heterocycles. The highest BCUT2D eigenvalue weighted by Gasteiger charge is 2.30. The molecule has 0 aliphatic heterocycles. The van der Waals surface area contributed by atoms with Crippen LogP contribution >= 0.6 is 11.3 Å². The van der Waals surface area contributed by atoms with Gasteiger partial charge in [-0.3, -0.25) is 24.4 Å². The highest BCUT2D eigenvalue weighted by atomic mass is 32.1. The van der Waals surface area contributed by atoms with Crippen molar-refractivity contribution in [3.05, 3.63) is 71.1 Å². The molecule has 0 bridgehead atoms. The average molecular weight is 539 g/mol. The number of rotatable bonds is 14. The van der Waals surface area contributed by atoms with Gasteiger partial charge in [-0.15, -0.1) is 11.3 Å². The minimum Gasteiger partial charge on any atom is -0.368 e. The number of benzene rings is 2. The van der Waals surface area contributed by atoms with Crippen molar-refractivity contribution >= 4 is 45.1 Å². The van der Waals surface area contributed by atoms with E-state index in [2.05, 4.69) is 10.6 Å². The standard InChI is InChI=1S/C28H34N4O5S/c1-2-3-11-19(16-25(33)32-37)27(35)31-23(15-20-17-38-24-13-8-7-12-21(20)24)28(36)30-22(26(29)34)14-18-9-5-4-6-10-18/h4-10,12-13,17,19,22-23,37H,2-3,11,14-16H2,1H3,(H2,29,34)(H,30,36)(H,31,35)(H,32,33)/t19-,22-,23+/m1/s1. The normalized spacial score (nSPS) is 13.3. The van der Waals surface area contributed by atoms with Crippen LogP contribution in [-0.4, -0.2) is 40.9 Å². The molecular weight excluding hydrogens is 504 g/mol. The predicted molar refractivity (Wildman–Crippen MR) is 146 cm³/mol. The monoisotopic (exact) mass is 538 g/mol. The van der Waals surface area contributed by atoms with Crippen molar-refractivity contribution in [3.8, 4) is 0 Å². The maximum absolute atomic E-state index is 13.5. The van der Waals surface area contributed by atoms with E-state index in [4.69, 9.17) is 10.9 Å². The van der Waals surface area contributed by atoms with Crippen LogP contribution in [-0.2, 0) is 32.0 Å². The third-order valence-corrected chi connectivity index (χ3v) is 7.41. The Kier molecular flexibility index (Phi) is 10.8. The minimum atomic E-state index is -1.01. The Bertz CT molecular complexity index is 1250. The number of hydroxylamine groups is 1. The van der Waals surface area contributed by atoms with Crippen molar-refractivity contribution < 1.29 is 24.4 Å². The van der Waals surface area contributed by atoms with Crippen LogP contribution in [0.25, 0.3) is 10.1 Å². The van der Waals surface area contributed by atoms with Gasteiger partial charge in [-0.05, 0) is 34.4 Å². The zero-order valence-corrected chi connectivity index (χ0v) is 22.1. The molecule has 10 heteroatoms. The van der Waals surface area contributed by atoms with Crippen LogP contribution in [0.2, 0.25) is 0 Å². The van der Waals surface area contributed by atoms with E-state index in [1.54, 1.807) is 5.48 Å². The summed E-state index contributed by atoms with van der Waals surface area (Å²) in [7, 11) is 0. The predicted octanol–water partition coefficient (Wildman–Crippen LogP) is 2.84. The molecule has 3 aromatic rings. The van der Waals surface area contributed by atoms with E-state index in [0.29, 0.717) is 12.8 Å². The lowest BCUT2D eigenvalue weighted by Gasteiger charge is -2.24. The van der Waals surface area contributed by atoms with Crippen molar-refractivity contribution in [1.82, 2.24) is 16.1 Å². The van der Waals surface area contributed by atoms with Gasteiger partial charge in [0.25, 0.3) is 0 Å². The van der Waals surface area contributed by atoms with Crippen LogP contribution in [0.15, 0.2) is 60.0 Å². The van der Waals surface area contributed by atoms with Crippen molar-refractivity contribution in [1.29, 1.82) is 0 Å². The first-order valence-electron chi connectivity index (χ1n) is 12.6. The zero-order valence-electron chi connectivity index (χ0n) is 21.3. The lowest BCUT2D eigenvalue weighted by molar-refractivity contribution is -0.136. The maximum atomic E-state index is 13.5. The lowest BCUT2D eigenvalue weighted by atomic mass is 9.95. The highest BCUT2D eigenvalue weighted by molar-refractivity contribution is 7.17. The average Bonchev–Trinajstić information content (AvgIpc) is 3.33. The van der Waals surface area contributed by atoms with Crippen LogP contribution in [0, 0.1) is 5.92 Å². The summed E-state index contributed by atoms with van der Waals surface area (Å²) in [6.07, 6.45) is 2.11. The number of carbonyl (C=O) groups excluding carboxylic acids is 4. The molecule has 2 aromatic carbocycles. The van der Waals surface area contributed by atoms with Crippen molar-refractivity contribution in [2.45, 2.75) is 57.5 Å². The number of fused-ring (bicyclic) bond motifs is 1. The molecule has 0 spiro atoms. The largest absolute Gasteiger partial charge is 0.368 e. The van der Waals surface area contributed by atoms with Gasteiger partial charge in [0, 0.05) is 29.9 Å². The molecule has 4 amide bonds. The number of unbranched alkanes of at least 4 members (excludes halogenated alkanes) is 1. The van der Waals surface area contributed by atoms with E-state index < -0.39 is 41.6 Å². The number of nitrogens with two attached hydrogens (primary N) is 1. The number of carbonyl (C=O) groups is 4. The van der Waals surface area contributed by atoms with Gasteiger partial charge in [0.05, 0.1) is 0 Å². The minimum absolute atomic E-state index is 0.186. The first-order chi connectivity index (χ1) is 18.3. The number of nitrogens with one attached hydrogen (secondary N) is 3. The fraction of sp³-hybridized carbons (Fsp3) is 0.357. The first-order valence-corrected chi connectivity index (χ1v) is 13.5. The van der Waals surface area contributed by atoms with E-state index in [1.165, 1.54) is 11.3 Å². The van der Waals surface area contributed by atoms with E-state index in [-0.39, 0.29) is 19.3 Å². The highest BCUT2D eigenvalue weighted by Crippen LogP contribution is 2.27. The van der Waals surface area contributed by atoms with Gasteiger partial charge in [0.2, 0.25) is 23.6 Å². The maximum Gasteiger partial charge on any atom is 0.244 e. The Morgan fingerprint density at radius 1 is 0.921 bits per heavy atom. The molecule has 1 heterocycles. The summed E-state index contributed by atoms with van der Waals surface area (Å²) in [6, 6.07) is 15.0. The summed E-state index contributed by atoms with van der Waals surface area (Å²) in [4.78, 5) is 50.8. The lowest BCUT2D eigenvalue weighted by Crippen LogP contribution is -2.55. The second kappa shape index (κ2) is 14.3. The van der Waals surface area contributed by atoms with E-state index in [1.807, 2.05) is 66.9 Å². The van der Waals surface area contributed by atoms with Crippen LogP contribution in [0.1, 0.15) is 43.7 Å². The number of hydrogen-bond acceptors (Lipinski definition) is 6. The van der Waals surface area contributed by atoms with Crippen LogP contribution < -0.4 is 21.8 Å². The van der Waals surface area contributed by atoms with Gasteiger partial charge < -0.3 is 16.4 Å². The summed E-state index contributed by atoms with van der Waals surface area (Å²) in [5, 5.41) is 17.4. The first kappa shape index (κ1) is 28.8. The van der Waals surface area contributed by atoms with Gasteiger partial charge in [-0.1, -0.05) is 68.3 Å². The van der Waals surface area contributed by atoms with Crippen LogP contribution in [0.4, 0.5) is 0 Å². The summed E-state index contributed by atoms with van der Waals surface area (Å²) < 4.78 is 1.05. The van der Waals surface area contributed by atoms with Gasteiger partial charge >= 0.3 is 0 Å². The Hall–Kier alpha value is -3.76. The molecule has 38 heavy (non-hydrogen) atoms. The van der Waals surface area contributed by atoms with E-state index in [0.717, 1.165) is 27.6 Å². The number of thiophene rings is 1. The van der Waals surface area contributed by atoms with Gasteiger partial charge in [-0.2, -0.15) is 0 Å². The van der Waals surface area contributed by atoms with Crippen molar-refractivity contribution in [2.75, 3.05) is 0 Å². The molecular formula is C28H34N4O5S. The molecule has 0 aliphatic rings. The molecule has 6 N–H and O–H groups in total. The van der Waals surface area contributed by atoms with Gasteiger partial charge in [0.1, 0.15) is 12.1 Å². The number of amides is 4. The smallest absolute Gasteiger partial charge is 0.244 e. The van der Waals surface area contributed by atoms with Gasteiger partial charge in [-0.25, -0.2) is 5.48 Å². The third kappa shape index (κ3) is 8.12. The summed E-state index contributed by atoms with van der Waals surface area (Å²) in [6.45, 7) is 1.97. The molecule has 0 unspecified atom stereocenters. The second-order valence-corrected chi connectivity index (χ2v) is 10.2. The number of primary amides is 1. The molecule has 0 saturated carbocycles. The van der Waals surface area contributed by atoms with E-state index >= 15 is 0 Å².